The van der Waals surface area contributed by atoms with Crippen molar-refractivity contribution in [3.05, 3.63) is 65.4 Å². The van der Waals surface area contributed by atoms with Crippen molar-refractivity contribution in [3.8, 4) is 0 Å². The van der Waals surface area contributed by atoms with E-state index in [2.05, 4.69) is 20.4 Å². The summed E-state index contributed by atoms with van der Waals surface area (Å²) in [6, 6.07) is 9.41. The Kier molecular flexibility index (Phi) is 5.45. The second-order valence-corrected chi connectivity index (χ2v) is 7.48. The van der Waals surface area contributed by atoms with E-state index in [0.29, 0.717) is 35.7 Å². The minimum absolute atomic E-state index is 0.0272. The predicted molar refractivity (Wildman–Crippen MR) is 108 cm³/mol. The minimum atomic E-state index is -0.339. The third-order valence-electron chi connectivity index (χ3n) is 5.42. The average molecular weight is 410 g/mol. The van der Waals surface area contributed by atoms with Gasteiger partial charge in [0.2, 0.25) is 5.91 Å². The number of benzene rings is 1. The Morgan fingerprint density at radius 2 is 2.03 bits per heavy atom. The van der Waals surface area contributed by atoms with Gasteiger partial charge < -0.3 is 10.2 Å². The second-order valence-electron chi connectivity index (χ2n) is 7.48. The maximum atomic E-state index is 13.3. The number of pyridine rings is 1. The zero-order valence-corrected chi connectivity index (χ0v) is 16.9. The SMILES string of the molecule is CC(=O)N1CCN(C)C(c2nnc3ccc(C(=O)NCc4cccc(F)c4)cn23)C1. The molecular formula is C21H23FN6O2. The quantitative estimate of drug-likeness (QED) is 0.707. The molecule has 0 radical (unpaired) electrons. The number of hydrogen-bond acceptors (Lipinski definition) is 5. The fraction of sp³-hybridized carbons (Fsp3) is 0.333. The van der Waals surface area contributed by atoms with Gasteiger partial charge in [-0.1, -0.05) is 12.1 Å². The molecule has 1 atom stereocenters. The van der Waals surface area contributed by atoms with Crippen molar-refractivity contribution in [1.82, 2.24) is 29.7 Å². The maximum absolute atomic E-state index is 13.3. The second kappa shape index (κ2) is 8.19. The molecule has 156 valence electrons. The van der Waals surface area contributed by atoms with Crippen LogP contribution in [-0.2, 0) is 11.3 Å². The molecule has 2 aromatic heterocycles. The zero-order valence-electron chi connectivity index (χ0n) is 16.9. The lowest BCUT2D eigenvalue weighted by Crippen LogP contribution is -2.48. The lowest BCUT2D eigenvalue weighted by Gasteiger charge is -2.38. The molecule has 2 amide bonds. The van der Waals surface area contributed by atoms with Crippen molar-refractivity contribution in [2.75, 3.05) is 26.7 Å². The average Bonchev–Trinajstić information content (AvgIpc) is 3.15. The molecular weight excluding hydrogens is 387 g/mol. The normalized spacial score (nSPS) is 17.3. The standard InChI is InChI=1S/C21H23FN6O2/c1-14(29)27-9-8-26(2)18(13-27)20-25-24-19-7-6-16(12-28(19)20)21(30)23-11-15-4-3-5-17(22)10-15/h3-7,10,12,18H,8-9,11,13H2,1-2H3,(H,23,30). The molecule has 1 aliphatic rings. The summed E-state index contributed by atoms with van der Waals surface area (Å²) in [7, 11) is 1.98. The molecule has 0 saturated carbocycles. The molecule has 3 heterocycles. The van der Waals surface area contributed by atoms with Crippen LogP contribution in [0.5, 0.6) is 0 Å². The molecule has 1 aliphatic heterocycles. The van der Waals surface area contributed by atoms with Crippen molar-refractivity contribution in [1.29, 1.82) is 0 Å². The first-order chi connectivity index (χ1) is 14.4. The number of hydrogen-bond donors (Lipinski definition) is 1. The number of aromatic nitrogens is 3. The van der Waals surface area contributed by atoms with Crippen molar-refractivity contribution < 1.29 is 14.0 Å². The number of likely N-dealkylation sites (N-methyl/N-ethyl adjacent to an activating group) is 1. The van der Waals surface area contributed by atoms with Gasteiger partial charge in [0.25, 0.3) is 5.91 Å². The molecule has 1 saturated heterocycles. The van der Waals surface area contributed by atoms with Crippen molar-refractivity contribution in [2.45, 2.75) is 19.5 Å². The molecule has 8 nitrogen and oxygen atoms in total. The predicted octanol–water partition coefficient (Wildman–Crippen LogP) is 1.63. The number of nitrogens with one attached hydrogen (secondary N) is 1. The first-order valence-corrected chi connectivity index (χ1v) is 9.75. The van der Waals surface area contributed by atoms with Gasteiger partial charge in [-0.2, -0.15) is 0 Å². The first kappa shape index (κ1) is 20.0. The van der Waals surface area contributed by atoms with Crippen LogP contribution in [0.3, 0.4) is 0 Å². The smallest absolute Gasteiger partial charge is 0.253 e. The van der Waals surface area contributed by atoms with E-state index in [4.69, 9.17) is 0 Å². The molecule has 9 heteroatoms. The van der Waals surface area contributed by atoms with E-state index in [-0.39, 0.29) is 30.2 Å². The largest absolute Gasteiger partial charge is 0.348 e. The van der Waals surface area contributed by atoms with Crippen LogP contribution in [0.2, 0.25) is 0 Å². The highest BCUT2D eigenvalue weighted by atomic mass is 19.1. The van der Waals surface area contributed by atoms with Crippen LogP contribution < -0.4 is 5.32 Å². The van der Waals surface area contributed by atoms with Gasteiger partial charge in [-0.05, 0) is 36.9 Å². The van der Waals surface area contributed by atoms with Crippen LogP contribution in [-0.4, -0.2) is 62.9 Å². The van der Waals surface area contributed by atoms with Gasteiger partial charge in [-0.15, -0.1) is 10.2 Å². The fourth-order valence-corrected chi connectivity index (χ4v) is 3.64. The summed E-state index contributed by atoms with van der Waals surface area (Å²) in [6.07, 6.45) is 1.70. The van der Waals surface area contributed by atoms with E-state index in [1.165, 1.54) is 12.1 Å². The summed E-state index contributed by atoms with van der Waals surface area (Å²) in [4.78, 5) is 28.4. The lowest BCUT2D eigenvalue weighted by atomic mass is 10.1. The summed E-state index contributed by atoms with van der Waals surface area (Å²) >= 11 is 0. The number of piperazine rings is 1. The van der Waals surface area contributed by atoms with Gasteiger partial charge in [-0.25, -0.2) is 4.39 Å². The maximum Gasteiger partial charge on any atom is 0.253 e. The highest BCUT2D eigenvalue weighted by molar-refractivity contribution is 5.94. The summed E-state index contributed by atoms with van der Waals surface area (Å²) in [5, 5.41) is 11.3. The topological polar surface area (TPSA) is 82.8 Å². The van der Waals surface area contributed by atoms with Crippen LogP contribution in [0.4, 0.5) is 4.39 Å². The van der Waals surface area contributed by atoms with Crippen molar-refractivity contribution in [3.63, 3.8) is 0 Å². The van der Waals surface area contributed by atoms with Gasteiger partial charge in [0.05, 0.1) is 11.6 Å². The minimum Gasteiger partial charge on any atom is -0.348 e. The highest BCUT2D eigenvalue weighted by Crippen LogP contribution is 2.23. The van der Waals surface area contributed by atoms with Gasteiger partial charge in [0, 0.05) is 39.3 Å². The first-order valence-electron chi connectivity index (χ1n) is 9.75. The number of carbonyl (C=O) groups is 2. The molecule has 0 aliphatic carbocycles. The monoisotopic (exact) mass is 410 g/mol. The van der Waals surface area contributed by atoms with Crippen molar-refractivity contribution >= 4 is 17.5 Å². The third kappa shape index (κ3) is 4.02. The summed E-state index contributed by atoms with van der Waals surface area (Å²) in [5.41, 5.74) is 1.75. The van der Waals surface area contributed by atoms with Gasteiger partial charge in [-0.3, -0.25) is 18.9 Å². The van der Waals surface area contributed by atoms with E-state index in [9.17, 15) is 14.0 Å². The number of amides is 2. The van der Waals surface area contributed by atoms with Crippen LogP contribution >= 0.6 is 0 Å². The number of nitrogens with zero attached hydrogens (tertiary/aromatic N) is 5. The van der Waals surface area contributed by atoms with Gasteiger partial charge >= 0.3 is 0 Å². The zero-order chi connectivity index (χ0) is 21.3. The Labute approximate surface area is 173 Å². The molecule has 0 spiro atoms. The summed E-state index contributed by atoms with van der Waals surface area (Å²) in [5.74, 6) is 0.0919. The van der Waals surface area contributed by atoms with Crippen LogP contribution in [0.25, 0.3) is 5.65 Å². The van der Waals surface area contributed by atoms with Gasteiger partial charge in [0.1, 0.15) is 5.82 Å². The molecule has 3 aromatic rings. The van der Waals surface area contributed by atoms with Crippen LogP contribution in [0, 0.1) is 5.82 Å². The van der Waals surface area contributed by atoms with E-state index in [1.54, 1.807) is 46.7 Å². The van der Waals surface area contributed by atoms with Gasteiger partial charge in [0.15, 0.2) is 11.5 Å². The molecule has 1 N–H and O–H groups in total. The number of carbonyl (C=O) groups excluding carboxylic acids is 2. The third-order valence-corrected chi connectivity index (χ3v) is 5.42. The van der Waals surface area contributed by atoms with Crippen LogP contribution in [0.1, 0.15) is 34.7 Å². The molecule has 0 bridgehead atoms. The number of fused-ring (bicyclic) bond motifs is 1. The van der Waals surface area contributed by atoms with E-state index in [0.717, 1.165) is 6.54 Å². The molecule has 1 fully saturated rings. The lowest BCUT2D eigenvalue weighted by molar-refractivity contribution is -0.131. The fourth-order valence-electron chi connectivity index (χ4n) is 3.64. The Balaban J connectivity index is 1.56. The van der Waals surface area contributed by atoms with Crippen LogP contribution in [0.15, 0.2) is 42.6 Å². The number of rotatable bonds is 4. The Bertz CT molecular complexity index is 1100. The molecule has 4 rings (SSSR count). The Morgan fingerprint density at radius 3 is 2.80 bits per heavy atom. The van der Waals surface area contributed by atoms with Crippen molar-refractivity contribution in [2.24, 2.45) is 0 Å². The van der Waals surface area contributed by atoms with E-state index < -0.39 is 0 Å². The summed E-state index contributed by atoms with van der Waals surface area (Å²) in [6.45, 7) is 3.70. The molecule has 30 heavy (non-hydrogen) atoms. The highest BCUT2D eigenvalue weighted by Gasteiger charge is 2.30. The Morgan fingerprint density at radius 1 is 1.20 bits per heavy atom. The Hall–Kier alpha value is -3.33. The summed E-state index contributed by atoms with van der Waals surface area (Å²) < 4.78 is 15.1. The van der Waals surface area contributed by atoms with E-state index in [1.807, 2.05) is 7.05 Å². The molecule has 1 unspecified atom stereocenters. The molecule has 1 aromatic carbocycles. The van der Waals surface area contributed by atoms with E-state index >= 15 is 0 Å². The number of halogens is 1.